The normalized spacial score (nSPS) is 35.1. The van der Waals surface area contributed by atoms with Gasteiger partial charge in [0, 0.05) is 43.0 Å². The fourth-order valence-electron chi connectivity index (χ4n) is 14.4. The Hall–Kier alpha value is -6.22. The molecule has 0 bridgehead atoms. The lowest BCUT2D eigenvalue weighted by molar-refractivity contribution is -0.338. The summed E-state index contributed by atoms with van der Waals surface area (Å²) in [6.45, 7) is 2.82. The minimum Gasteiger partial charge on any atom is -0.479 e. The van der Waals surface area contributed by atoms with Gasteiger partial charge in [0.1, 0.15) is 96.1 Å². The number of aliphatic carboxylic acids is 1. The number of rotatable bonds is 27. The highest BCUT2D eigenvalue weighted by atomic mass is 19.1. The molecule has 4 aromatic rings. The number of benzene rings is 2. The van der Waals surface area contributed by atoms with E-state index in [2.05, 4.69) is 36.6 Å². The summed E-state index contributed by atoms with van der Waals surface area (Å²) in [4.78, 5) is 54.2. The standard InChI is InChI=1S/C65H91F2N9O22/c1-4-34-21-37(26-45(58(34)98-65-57(86)56(85)51(80)31(2)92-65)95-63-49(70-32(3)79)59(54(83)48(30-78)96-63)93-46(62(89)90)20-33-10-6-5-7-11-33)60(87)68-16-18-91-19-17-69-61(88)38-24-43(75-27-41(71-73-75)35-12-8-14-39(66)22-35)52(81)44(25-38)94-64-55(84)50(53(82)47(29-77)97-64)76-28-42(72-74-76)36-13-9-15-40(67)23-36/h8-9,12-15,22-23,27-28,31,33-34,37-38,43-59,63-65,77-78,80-86H,4-7,10-11,16-21,24-26,29-30H2,1-3H3,(H,68,87)(H,69,88)(H,70,79)(H,89,90)/t31?,34?,37?,38?,43?,44-,45-,46+,47?,48?,49?,50?,51-,52?,53+,54+,55?,56?,57?,58?,59?,63-,64-,65+/m1/s1. The Morgan fingerprint density at radius 3 is 1.83 bits per heavy atom. The van der Waals surface area contributed by atoms with Crippen LogP contribution in [0, 0.1) is 35.3 Å². The SMILES string of the molecule is CCC1CC(C(=O)NCCOCCNC(=O)C2CC(n3cc(-c4cccc(F)c4)nn3)C(O)[C@H](O[C@@H]3OC(CO)[C@H](O)C(n4cc(-c5cccc(F)c5)nn4)C3O)C2)C[C@@H](O[C@@H]2OC(CO)[C@H](O)C(O[C@@H](CC3CCCCC3)C(=O)O)C2NC(C)=O)C1O[C@@H]1OC(C)[C@@H](O)C(O)C1O. The lowest BCUT2D eigenvalue weighted by Crippen LogP contribution is -2.67. The number of nitrogens with one attached hydrogen (secondary N) is 3. The van der Waals surface area contributed by atoms with Crippen molar-refractivity contribution in [3.63, 3.8) is 0 Å². The van der Waals surface area contributed by atoms with E-state index in [0.717, 1.165) is 36.8 Å². The minimum atomic E-state index is -1.74. The summed E-state index contributed by atoms with van der Waals surface area (Å²) in [7, 11) is 0. The van der Waals surface area contributed by atoms with Gasteiger partial charge in [-0.3, -0.25) is 14.4 Å². The average molecular weight is 1390 g/mol. The zero-order valence-electron chi connectivity index (χ0n) is 54.5. The Labute approximate surface area is 563 Å². The summed E-state index contributed by atoms with van der Waals surface area (Å²) in [5, 5.41) is 136. The molecule has 6 aliphatic rings. The molecule has 0 radical (unpaired) electrons. The van der Waals surface area contributed by atoms with E-state index in [4.69, 9.17) is 37.9 Å². The van der Waals surface area contributed by atoms with Gasteiger partial charge in [-0.05, 0) is 75.1 Å². The molecule has 0 spiro atoms. The summed E-state index contributed by atoms with van der Waals surface area (Å²) in [5.41, 5.74) is 1.18. The van der Waals surface area contributed by atoms with Crippen molar-refractivity contribution in [1.82, 2.24) is 45.9 Å². The minimum absolute atomic E-state index is 0.0188. The van der Waals surface area contributed by atoms with Crippen molar-refractivity contribution in [1.29, 1.82) is 0 Å². The molecule has 33 heteroatoms. The van der Waals surface area contributed by atoms with E-state index in [-0.39, 0.29) is 75.7 Å². The number of ether oxygens (including phenoxy) is 8. The van der Waals surface area contributed by atoms with Gasteiger partial charge in [0.25, 0.3) is 0 Å². The first-order valence-electron chi connectivity index (χ1n) is 33.6. The molecule has 3 amide bonds. The lowest BCUT2D eigenvalue weighted by atomic mass is 9.75. The number of aromatic nitrogens is 6. The van der Waals surface area contributed by atoms with Gasteiger partial charge in [-0.25, -0.2) is 22.9 Å². The number of carboxylic acids is 1. The molecule has 13 N–H and O–H groups in total. The zero-order chi connectivity index (χ0) is 70.1. The summed E-state index contributed by atoms with van der Waals surface area (Å²) in [5.74, 6) is -6.18. The molecule has 98 heavy (non-hydrogen) atoms. The summed E-state index contributed by atoms with van der Waals surface area (Å²) in [6.07, 6.45) is -18.6. The van der Waals surface area contributed by atoms with Crippen molar-refractivity contribution in [3.05, 3.63) is 72.6 Å². The summed E-state index contributed by atoms with van der Waals surface area (Å²) in [6, 6.07) is 7.37. The van der Waals surface area contributed by atoms with Crippen LogP contribution in [0.15, 0.2) is 60.9 Å². The van der Waals surface area contributed by atoms with Crippen molar-refractivity contribution >= 4 is 23.7 Å². The van der Waals surface area contributed by atoms with Gasteiger partial charge >= 0.3 is 5.97 Å². The van der Waals surface area contributed by atoms with Crippen LogP contribution in [-0.2, 0) is 57.1 Å². The Kier molecular flexibility index (Phi) is 25.8. The number of aliphatic hydroxyl groups excluding tert-OH is 9. The second kappa shape index (κ2) is 34.0. The zero-order valence-corrected chi connectivity index (χ0v) is 54.5. The van der Waals surface area contributed by atoms with Crippen LogP contribution in [0.25, 0.3) is 22.5 Å². The van der Waals surface area contributed by atoms with Crippen molar-refractivity contribution in [2.75, 3.05) is 39.5 Å². The van der Waals surface area contributed by atoms with Gasteiger partial charge in [0.2, 0.25) is 17.7 Å². The number of carbonyl (C=O) groups excluding carboxylic acids is 3. The molecule has 5 heterocycles. The number of carboxylic acid groups (broad SMARTS) is 1. The molecule has 3 saturated heterocycles. The molecule has 3 aliphatic carbocycles. The van der Waals surface area contributed by atoms with Crippen LogP contribution in [0.4, 0.5) is 8.78 Å². The van der Waals surface area contributed by atoms with Gasteiger partial charge in [-0.1, -0.05) is 80.1 Å². The largest absolute Gasteiger partial charge is 0.479 e. The number of halogens is 2. The van der Waals surface area contributed by atoms with Crippen LogP contribution in [0.5, 0.6) is 0 Å². The van der Waals surface area contributed by atoms with Gasteiger partial charge in [0.05, 0.1) is 69.3 Å². The maximum absolute atomic E-state index is 14.3. The molecular weight excluding hydrogens is 1300 g/mol. The number of nitrogens with zero attached hydrogens (tertiary/aromatic N) is 6. The molecular formula is C65H91F2N9O22. The van der Waals surface area contributed by atoms with Crippen molar-refractivity contribution in [3.8, 4) is 22.5 Å². The van der Waals surface area contributed by atoms with Crippen molar-refractivity contribution in [2.45, 2.75) is 220 Å². The first-order valence-corrected chi connectivity index (χ1v) is 33.6. The Morgan fingerprint density at radius 1 is 0.653 bits per heavy atom. The lowest BCUT2D eigenvalue weighted by Gasteiger charge is -2.49. The third-order valence-corrected chi connectivity index (χ3v) is 19.7. The summed E-state index contributed by atoms with van der Waals surface area (Å²) >= 11 is 0. The van der Waals surface area contributed by atoms with Crippen LogP contribution in [0.2, 0.25) is 0 Å². The van der Waals surface area contributed by atoms with Crippen molar-refractivity contribution < 1.29 is 117 Å². The maximum atomic E-state index is 14.3. The number of hydrogen-bond acceptors (Lipinski definition) is 25. The van der Waals surface area contributed by atoms with Crippen molar-refractivity contribution in [2.24, 2.45) is 23.7 Å². The van der Waals surface area contributed by atoms with Crippen LogP contribution in [0.1, 0.15) is 103 Å². The quantitative estimate of drug-likeness (QED) is 0.0336. The van der Waals surface area contributed by atoms with Crippen LogP contribution >= 0.6 is 0 Å². The monoisotopic (exact) mass is 1390 g/mol. The van der Waals surface area contributed by atoms with Crippen LogP contribution in [0.3, 0.4) is 0 Å². The fourth-order valence-corrected chi connectivity index (χ4v) is 14.4. The van der Waals surface area contributed by atoms with E-state index >= 15 is 0 Å². The molecule has 31 nitrogen and oxygen atoms in total. The second-order valence-electron chi connectivity index (χ2n) is 26.4. The van der Waals surface area contributed by atoms with Gasteiger partial charge in [0.15, 0.2) is 25.0 Å². The molecule has 6 fully saturated rings. The third kappa shape index (κ3) is 17.7. The number of hydrogen-bond donors (Lipinski definition) is 13. The van der Waals surface area contributed by atoms with Crippen LogP contribution < -0.4 is 16.0 Å². The molecule has 10 rings (SSSR count). The third-order valence-electron chi connectivity index (χ3n) is 19.7. The first-order chi connectivity index (χ1) is 47.0. The topological polar surface area (TPSA) is 442 Å². The average Bonchev–Trinajstić information content (AvgIpc) is 1.14. The number of amides is 3. The predicted molar refractivity (Wildman–Crippen MR) is 333 cm³/mol. The van der Waals surface area contributed by atoms with Gasteiger partial charge < -0.3 is 105 Å². The molecule has 3 aliphatic heterocycles. The number of carbonyl (C=O) groups is 4. The van der Waals surface area contributed by atoms with Gasteiger partial charge in [-0.2, -0.15) is 0 Å². The molecule has 3 saturated carbocycles. The smallest absolute Gasteiger partial charge is 0.332 e. The predicted octanol–water partition coefficient (Wildman–Crippen LogP) is -0.466. The molecule has 15 unspecified atom stereocenters. The molecule has 24 atom stereocenters. The maximum Gasteiger partial charge on any atom is 0.332 e. The molecule has 2 aromatic heterocycles. The second-order valence-corrected chi connectivity index (χ2v) is 26.4. The summed E-state index contributed by atoms with van der Waals surface area (Å²) < 4.78 is 80.5. The molecule has 542 valence electrons. The van der Waals surface area contributed by atoms with Gasteiger partial charge in [-0.15, -0.1) is 10.2 Å². The van der Waals surface area contributed by atoms with E-state index < -0.39 is 195 Å². The first kappa shape index (κ1) is 74.5. The van der Waals surface area contributed by atoms with E-state index in [1.807, 2.05) is 6.92 Å². The highest BCUT2D eigenvalue weighted by Gasteiger charge is 2.54. The number of aliphatic hydroxyl groups is 9. The fraction of sp³-hybridized carbons (Fsp3) is 0.692. The van der Waals surface area contributed by atoms with E-state index in [0.29, 0.717) is 17.5 Å². The Bertz CT molecular complexity index is 3260. The molecule has 2 aromatic carbocycles. The Balaban J connectivity index is 0.791. The highest BCUT2D eigenvalue weighted by molar-refractivity contribution is 5.79. The van der Waals surface area contributed by atoms with E-state index in [1.165, 1.54) is 67.3 Å². The van der Waals surface area contributed by atoms with E-state index in [9.17, 15) is 79.0 Å². The van der Waals surface area contributed by atoms with Crippen LogP contribution in [-0.4, -0.2) is 261 Å². The highest BCUT2D eigenvalue weighted by Crippen LogP contribution is 2.42. The van der Waals surface area contributed by atoms with E-state index in [1.54, 1.807) is 12.1 Å². The Morgan fingerprint density at radius 2 is 1.22 bits per heavy atom.